The smallest absolute Gasteiger partial charge is 0.268 e. The average Bonchev–Trinajstić information content (AvgIpc) is 3.14. The molecule has 0 saturated heterocycles. The normalized spacial score (nSPS) is 25.7. The lowest BCUT2D eigenvalue weighted by atomic mass is 9.92. The Morgan fingerprint density at radius 3 is 2.62 bits per heavy atom. The highest BCUT2D eigenvalue weighted by molar-refractivity contribution is 6.30. The average molecular weight is 484 g/mol. The van der Waals surface area contributed by atoms with Crippen molar-refractivity contribution in [2.75, 3.05) is 6.79 Å². The molecule has 0 spiro atoms. The van der Waals surface area contributed by atoms with Gasteiger partial charge in [-0.25, -0.2) is 8.78 Å². The Morgan fingerprint density at radius 2 is 1.76 bits per heavy atom. The molecule has 6 rings (SSSR count). The maximum atomic E-state index is 14.8. The van der Waals surface area contributed by atoms with E-state index in [1.165, 1.54) is 6.07 Å². The summed E-state index contributed by atoms with van der Waals surface area (Å²) in [5, 5.41) is 3.45. The molecule has 1 amide bonds. The number of hydrogen-bond donors (Lipinski definition) is 1. The number of nitrogens with one attached hydrogen (secondary N) is 1. The minimum atomic E-state index is -3.14. The number of rotatable bonds is 4. The topological polar surface area (TPSA) is 56.8 Å². The second kappa shape index (κ2) is 7.87. The van der Waals surface area contributed by atoms with Crippen LogP contribution in [0.3, 0.4) is 0 Å². The summed E-state index contributed by atoms with van der Waals surface area (Å²) in [6.07, 6.45) is 0.0269. The third kappa shape index (κ3) is 3.55. The highest BCUT2D eigenvalue weighted by atomic mass is 35.5. The van der Waals surface area contributed by atoms with Gasteiger partial charge in [0.2, 0.25) is 12.7 Å². The summed E-state index contributed by atoms with van der Waals surface area (Å²) in [5.74, 6) is -4.94. The third-order valence-corrected chi connectivity index (χ3v) is 6.88. The zero-order chi connectivity index (χ0) is 23.4. The van der Waals surface area contributed by atoms with Gasteiger partial charge in [-0.1, -0.05) is 48.0 Å². The van der Waals surface area contributed by atoms with E-state index in [4.69, 9.17) is 25.8 Å². The van der Waals surface area contributed by atoms with Crippen molar-refractivity contribution >= 4 is 17.5 Å². The molecule has 0 bridgehead atoms. The molecule has 3 aromatic carbocycles. The fourth-order valence-electron chi connectivity index (χ4n) is 4.90. The van der Waals surface area contributed by atoms with Gasteiger partial charge in [-0.2, -0.15) is 0 Å². The molecule has 2 heterocycles. The Hall–Kier alpha value is -3.32. The number of ether oxygens (including phenoxy) is 3. The maximum Gasteiger partial charge on any atom is 0.268 e. The molecule has 3 aromatic rings. The van der Waals surface area contributed by atoms with Crippen molar-refractivity contribution in [3.05, 3.63) is 88.4 Å². The molecule has 0 aromatic heterocycles. The fourth-order valence-corrected chi connectivity index (χ4v) is 5.10. The van der Waals surface area contributed by atoms with Crippen molar-refractivity contribution in [1.29, 1.82) is 0 Å². The number of fused-ring (bicyclic) bond motifs is 2. The van der Waals surface area contributed by atoms with E-state index in [2.05, 4.69) is 5.32 Å². The predicted octanol–water partition coefficient (Wildman–Crippen LogP) is 5.80. The van der Waals surface area contributed by atoms with Gasteiger partial charge in [-0.05, 0) is 41.5 Å². The largest absolute Gasteiger partial charge is 0.485 e. The summed E-state index contributed by atoms with van der Waals surface area (Å²) in [7, 11) is 0. The molecule has 1 N–H and O–H groups in total. The minimum Gasteiger partial charge on any atom is -0.485 e. The van der Waals surface area contributed by atoms with Crippen LogP contribution in [0.5, 0.6) is 17.2 Å². The van der Waals surface area contributed by atoms with Crippen LogP contribution in [-0.2, 0) is 4.79 Å². The van der Waals surface area contributed by atoms with Gasteiger partial charge in [0.1, 0.15) is 17.8 Å². The molecule has 8 heteroatoms. The van der Waals surface area contributed by atoms with Crippen LogP contribution in [-0.4, -0.2) is 18.6 Å². The first kappa shape index (κ1) is 21.2. The van der Waals surface area contributed by atoms with E-state index in [-0.39, 0.29) is 12.9 Å². The van der Waals surface area contributed by atoms with Gasteiger partial charge < -0.3 is 19.5 Å². The van der Waals surface area contributed by atoms with Gasteiger partial charge in [-0.15, -0.1) is 0 Å². The summed E-state index contributed by atoms with van der Waals surface area (Å²) in [4.78, 5) is 13.1. The van der Waals surface area contributed by atoms with Gasteiger partial charge >= 0.3 is 0 Å². The van der Waals surface area contributed by atoms with E-state index in [0.717, 1.165) is 11.1 Å². The molecule has 4 atom stereocenters. The van der Waals surface area contributed by atoms with Gasteiger partial charge in [0, 0.05) is 17.0 Å². The van der Waals surface area contributed by atoms with Crippen molar-refractivity contribution in [2.45, 2.75) is 30.4 Å². The maximum absolute atomic E-state index is 14.8. The molecular formula is C26H20ClF2NO4. The Kier molecular flexibility index (Phi) is 4.92. The summed E-state index contributed by atoms with van der Waals surface area (Å²) < 4.78 is 46.3. The number of para-hydroxylation sites is 1. The molecule has 174 valence electrons. The van der Waals surface area contributed by atoms with E-state index in [1.807, 2.05) is 42.5 Å². The predicted molar refractivity (Wildman–Crippen MR) is 121 cm³/mol. The van der Waals surface area contributed by atoms with Crippen molar-refractivity contribution in [2.24, 2.45) is 5.92 Å². The first-order chi connectivity index (χ1) is 16.4. The van der Waals surface area contributed by atoms with Crippen molar-refractivity contribution < 1.29 is 27.8 Å². The number of carbonyl (C=O) groups is 1. The lowest BCUT2D eigenvalue weighted by Crippen LogP contribution is -2.35. The van der Waals surface area contributed by atoms with E-state index >= 15 is 0 Å². The van der Waals surface area contributed by atoms with Crippen LogP contribution >= 0.6 is 11.6 Å². The zero-order valence-electron chi connectivity index (χ0n) is 17.8. The fraction of sp³-hybridized carbons (Fsp3) is 0.269. The number of hydrogen-bond acceptors (Lipinski definition) is 4. The Balaban J connectivity index is 1.25. The van der Waals surface area contributed by atoms with E-state index < -0.39 is 29.7 Å². The quantitative estimate of drug-likeness (QED) is 0.509. The molecule has 1 fully saturated rings. The van der Waals surface area contributed by atoms with Crippen LogP contribution in [0, 0.1) is 5.92 Å². The Labute approximate surface area is 199 Å². The molecule has 34 heavy (non-hydrogen) atoms. The Bertz CT molecular complexity index is 1280. The molecular weight excluding hydrogens is 464 g/mol. The number of amides is 1. The van der Waals surface area contributed by atoms with E-state index in [0.29, 0.717) is 34.3 Å². The molecule has 4 unspecified atom stereocenters. The first-order valence-electron chi connectivity index (χ1n) is 11.0. The first-order valence-corrected chi connectivity index (χ1v) is 11.4. The molecule has 5 nitrogen and oxygen atoms in total. The highest BCUT2D eigenvalue weighted by Gasteiger charge is 2.72. The molecule has 1 aliphatic carbocycles. The van der Waals surface area contributed by atoms with Crippen LogP contribution in [0.15, 0.2) is 66.7 Å². The highest BCUT2D eigenvalue weighted by Crippen LogP contribution is 2.62. The van der Waals surface area contributed by atoms with Crippen LogP contribution in [0.2, 0.25) is 5.02 Å². The molecule has 3 aliphatic rings. The number of benzene rings is 3. The van der Waals surface area contributed by atoms with Crippen LogP contribution in [0.25, 0.3) is 0 Å². The monoisotopic (exact) mass is 483 g/mol. The van der Waals surface area contributed by atoms with Gasteiger partial charge in [0.05, 0.1) is 12.0 Å². The van der Waals surface area contributed by atoms with Crippen LogP contribution < -0.4 is 19.5 Å². The molecule has 0 radical (unpaired) electrons. The van der Waals surface area contributed by atoms with Crippen molar-refractivity contribution in [3.8, 4) is 17.2 Å². The second-order valence-electron chi connectivity index (χ2n) is 8.74. The summed E-state index contributed by atoms with van der Waals surface area (Å²) in [6, 6.07) is 18.9. The number of halogens is 3. The van der Waals surface area contributed by atoms with E-state index in [1.54, 1.807) is 18.2 Å². The lowest BCUT2D eigenvalue weighted by molar-refractivity contribution is -0.125. The number of carbonyl (C=O) groups excluding carboxylic acids is 1. The third-order valence-electron chi connectivity index (χ3n) is 6.64. The summed E-state index contributed by atoms with van der Waals surface area (Å²) in [6.45, 7) is 0.0563. The van der Waals surface area contributed by atoms with Gasteiger partial charge in [0.15, 0.2) is 11.5 Å². The molecule has 2 aliphatic heterocycles. The standard InChI is InChI=1S/C26H20ClF2NO4/c27-16-5-3-4-14(10-16)21-12-18(17-6-1-2-7-19(17)34-21)30-25(31)24-23(26(24,28)29)15-8-9-20-22(11-15)33-13-32-20/h1-11,18,21,23-24H,12-13H2,(H,30,31). The second-order valence-corrected chi connectivity index (χ2v) is 9.18. The number of alkyl halides is 2. The Morgan fingerprint density at radius 1 is 0.941 bits per heavy atom. The van der Waals surface area contributed by atoms with E-state index in [9.17, 15) is 13.6 Å². The summed E-state index contributed by atoms with van der Waals surface area (Å²) in [5.41, 5.74) is 1.98. The van der Waals surface area contributed by atoms with Crippen LogP contribution in [0.1, 0.15) is 41.2 Å². The van der Waals surface area contributed by atoms with Gasteiger partial charge in [0.25, 0.3) is 5.92 Å². The molecule has 1 saturated carbocycles. The summed E-state index contributed by atoms with van der Waals surface area (Å²) >= 11 is 6.15. The van der Waals surface area contributed by atoms with Crippen molar-refractivity contribution in [3.63, 3.8) is 0 Å². The SMILES string of the molecule is O=C(NC1CC(c2cccc(Cl)c2)Oc2ccccc21)C1C(c2ccc3c(c2)OCO3)C1(F)F. The lowest BCUT2D eigenvalue weighted by Gasteiger charge is -2.33. The van der Waals surface area contributed by atoms with Gasteiger partial charge in [-0.3, -0.25) is 4.79 Å². The minimum absolute atomic E-state index is 0.0563. The van der Waals surface area contributed by atoms with Crippen LogP contribution in [0.4, 0.5) is 8.78 Å². The zero-order valence-corrected chi connectivity index (χ0v) is 18.6. The van der Waals surface area contributed by atoms with Crippen molar-refractivity contribution in [1.82, 2.24) is 5.32 Å².